The maximum Gasteiger partial charge on any atom is 0.257 e. The molecule has 0 bridgehead atoms. The first-order valence-corrected chi connectivity index (χ1v) is 8.18. The molecule has 1 aromatic rings. The Morgan fingerprint density at radius 2 is 2.18 bits per heavy atom. The first kappa shape index (κ1) is 15.3. The van der Waals surface area contributed by atoms with Crippen molar-refractivity contribution in [3.8, 4) is 5.75 Å². The number of nitrogens with zero attached hydrogens (tertiary/aromatic N) is 1. The molecule has 5 heteroatoms. The minimum atomic E-state index is 0.0617. The van der Waals surface area contributed by atoms with E-state index in [0.717, 1.165) is 52.0 Å². The van der Waals surface area contributed by atoms with Gasteiger partial charge >= 0.3 is 0 Å². The van der Waals surface area contributed by atoms with E-state index in [1.807, 2.05) is 29.2 Å². The van der Waals surface area contributed by atoms with Crippen LogP contribution in [0.15, 0.2) is 24.3 Å². The molecule has 1 atom stereocenters. The average molecular weight is 304 g/mol. The van der Waals surface area contributed by atoms with E-state index in [0.29, 0.717) is 17.9 Å². The van der Waals surface area contributed by atoms with Crippen molar-refractivity contribution in [2.45, 2.75) is 25.4 Å². The summed E-state index contributed by atoms with van der Waals surface area (Å²) in [5, 5.41) is 3.32. The molecule has 2 heterocycles. The van der Waals surface area contributed by atoms with Crippen molar-refractivity contribution < 1.29 is 14.3 Å². The van der Waals surface area contributed by atoms with Crippen LogP contribution in [0.2, 0.25) is 0 Å². The zero-order chi connectivity index (χ0) is 15.2. The molecule has 2 aliphatic rings. The number of hydrogen-bond donors (Lipinski definition) is 1. The van der Waals surface area contributed by atoms with E-state index in [4.69, 9.17) is 9.47 Å². The molecule has 1 N–H and O–H groups in total. The third-order valence-corrected chi connectivity index (χ3v) is 4.19. The van der Waals surface area contributed by atoms with Crippen LogP contribution in [0.3, 0.4) is 0 Å². The summed E-state index contributed by atoms with van der Waals surface area (Å²) in [6, 6.07) is 7.53. The summed E-state index contributed by atoms with van der Waals surface area (Å²) in [5.41, 5.74) is 0.655. The van der Waals surface area contributed by atoms with Crippen LogP contribution in [0.25, 0.3) is 0 Å². The van der Waals surface area contributed by atoms with Gasteiger partial charge in [0.05, 0.1) is 11.7 Å². The Kier molecular flexibility index (Phi) is 5.29. The zero-order valence-electron chi connectivity index (χ0n) is 12.9. The number of amides is 1. The maximum atomic E-state index is 12.8. The van der Waals surface area contributed by atoms with E-state index in [2.05, 4.69) is 5.32 Å². The smallest absolute Gasteiger partial charge is 0.257 e. The van der Waals surface area contributed by atoms with Crippen LogP contribution >= 0.6 is 0 Å². The van der Waals surface area contributed by atoms with Gasteiger partial charge in [-0.15, -0.1) is 0 Å². The lowest BCUT2D eigenvalue weighted by molar-refractivity contribution is 0.0653. The second-order valence-corrected chi connectivity index (χ2v) is 5.84. The molecule has 0 aliphatic carbocycles. The Balaban J connectivity index is 1.67. The van der Waals surface area contributed by atoms with Crippen molar-refractivity contribution in [1.29, 1.82) is 0 Å². The van der Waals surface area contributed by atoms with Gasteiger partial charge in [0.1, 0.15) is 12.4 Å². The SMILES string of the molecule is O=C(c1ccccc1OC[C@H]1CCCO1)N1CCCNCC1. The first-order chi connectivity index (χ1) is 10.8. The van der Waals surface area contributed by atoms with Crippen LogP contribution in [0, 0.1) is 0 Å². The Morgan fingerprint density at radius 3 is 3.05 bits per heavy atom. The van der Waals surface area contributed by atoms with Crippen LogP contribution < -0.4 is 10.1 Å². The van der Waals surface area contributed by atoms with Gasteiger partial charge in [-0.3, -0.25) is 4.79 Å². The molecule has 3 rings (SSSR count). The van der Waals surface area contributed by atoms with Crippen molar-refractivity contribution >= 4 is 5.91 Å². The summed E-state index contributed by atoms with van der Waals surface area (Å²) in [7, 11) is 0. The number of para-hydroxylation sites is 1. The summed E-state index contributed by atoms with van der Waals surface area (Å²) in [6.45, 7) is 4.71. The number of hydrogen-bond acceptors (Lipinski definition) is 4. The van der Waals surface area contributed by atoms with Crippen molar-refractivity contribution in [2.24, 2.45) is 0 Å². The lowest BCUT2D eigenvalue weighted by atomic mass is 10.1. The number of benzene rings is 1. The topological polar surface area (TPSA) is 50.8 Å². The molecule has 0 spiro atoms. The highest BCUT2D eigenvalue weighted by molar-refractivity contribution is 5.97. The van der Waals surface area contributed by atoms with Crippen molar-refractivity contribution in [3.05, 3.63) is 29.8 Å². The van der Waals surface area contributed by atoms with Crippen LogP contribution in [0.4, 0.5) is 0 Å². The molecule has 0 unspecified atom stereocenters. The Bertz CT molecular complexity index is 492. The van der Waals surface area contributed by atoms with Gasteiger partial charge in [0.2, 0.25) is 0 Å². The molecule has 1 aromatic carbocycles. The first-order valence-electron chi connectivity index (χ1n) is 8.18. The third-order valence-electron chi connectivity index (χ3n) is 4.19. The van der Waals surface area contributed by atoms with Gasteiger partial charge in [-0.05, 0) is 37.9 Å². The molecule has 5 nitrogen and oxygen atoms in total. The quantitative estimate of drug-likeness (QED) is 0.919. The number of nitrogens with one attached hydrogen (secondary N) is 1. The summed E-state index contributed by atoms with van der Waals surface area (Å²) in [4.78, 5) is 14.7. The lowest BCUT2D eigenvalue weighted by Gasteiger charge is -2.22. The summed E-state index contributed by atoms with van der Waals surface area (Å²) in [5.74, 6) is 0.729. The van der Waals surface area contributed by atoms with Gasteiger partial charge < -0.3 is 19.7 Å². The fourth-order valence-electron chi connectivity index (χ4n) is 2.95. The van der Waals surface area contributed by atoms with E-state index in [9.17, 15) is 4.79 Å². The van der Waals surface area contributed by atoms with Crippen LogP contribution in [0.1, 0.15) is 29.6 Å². The highest BCUT2D eigenvalue weighted by Gasteiger charge is 2.22. The fourth-order valence-corrected chi connectivity index (χ4v) is 2.95. The minimum Gasteiger partial charge on any atom is -0.490 e. The Morgan fingerprint density at radius 1 is 1.27 bits per heavy atom. The van der Waals surface area contributed by atoms with Gasteiger partial charge in [0.15, 0.2) is 0 Å². The Hall–Kier alpha value is -1.59. The molecular weight excluding hydrogens is 280 g/mol. The number of ether oxygens (including phenoxy) is 2. The summed E-state index contributed by atoms with van der Waals surface area (Å²) < 4.78 is 11.5. The molecule has 2 fully saturated rings. The van der Waals surface area contributed by atoms with Gasteiger partial charge in [-0.1, -0.05) is 12.1 Å². The summed E-state index contributed by atoms with van der Waals surface area (Å²) in [6.07, 6.45) is 3.28. The Labute approximate surface area is 131 Å². The van der Waals surface area contributed by atoms with Gasteiger partial charge in [0.25, 0.3) is 5.91 Å². The van der Waals surface area contributed by atoms with Crippen LogP contribution in [-0.4, -0.2) is 56.3 Å². The van der Waals surface area contributed by atoms with Crippen molar-refractivity contribution in [2.75, 3.05) is 39.4 Å². The van der Waals surface area contributed by atoms with Crippen molar-refractivity contribution in [1.82, 2.24) is 10.2 Å². The third kappa shape index (κ3) is 3.78. The van der Waals surface area contributed by atoms with Gasteiger partial charge in [0, 0.05) is 26.2 Å². The van der Waals surface area contributed by atoms with Gasteiger partial charge in [-0.2, -0.15) is 0 Å². The highest BCUT2D eigenvalue weighted by Crippen LogP contribution is 2.22. The largest absolute Gasteiger partial charge is 0.490 e. The van der Waals surface area contributed by atoms with E-state index >= 15 is 0 Å². The minimum absolute atomic E-state index is 0.0617. The second-order valence-electron chi connectivity index (χ2n) is 5.84. The molecular formula is C17H24N2O3. The molecule has 0 radical (unpaired) electrons. The molecule has 0 saturated carbocycles. The number of carbonyl (C=O) groups excluding carboxylic acids is 1. The van der Waals surface area contributed by atoms with Crippen molar-refractivity contribution in [3.63, 3.8) is 0 Å². The normalized spacial score (nSPS) is 22.4. The molecule has 120 valence electrons. The molecule has 0 aromatic heterocycles. The molecule has 2 aliphatic heterocycles. The molecule has 1 amide bonds. The standard InChI is InChI=1S/C17H24N2O3/c20-17(19-10-4-8-18-9-11-19)15-6-1-2-7-16(15)22-13-14-5-3-12-21-14/h1-2,6-7,14,18H,3-5,8-13H2/t14-/m1/s1. The maximum absolute atomic E-state index is 12.8. The van der Waals surface area contributed by atoms with Gasteiger partial charge in [-0.25, -0.2) is 0 Å². The highest BCUT2D eigenvalue weighted by atomic mass is 16.5. The molecule has 2 saturated heterocycles. The van der Waals surface area contributed by atoms with E-state index in [1.54, 1.807) is 0 Å². The molecule has 22 heavy (non-hydrogen) atoms. The number of carbonyl (C=O) groups is 1. The fraction of sp³-hybridized carbons (Fsp3) is 0.588. The zero-order valence-corrected chi connectivity index (χ0v) is 12.9. The summed E-state index contributed by atoms with van der Waals surface area (Å²) >= 11 is 0. The predicted molar refractivity (Wildman–Crippen MR) is 84.3 cm³/mol. The van der Waals surface area contributed by atoms with E-state index < -0.39 is 0 Å². The lowest BCUT2D eigenvalue weighted by Crippen LogP contribution is -2.34. The van der Waals surface area contributed by atoms with E-state index in [-0.39, 0.29) is 12.0 Å². The number of rotatable bonds is 4. The average Bonchev–Trinajstić information content (AvgIpc) is 2.93. The second kappa shape index (κ2) is 7.61. The predicted octanol–water partition coefficient (Wildman–Crippen LogP) is 1.68. The van der Waals surface area contributed by atoms with E-state index in [1.165, 1.54) is 0 Å². The van der Waals surface area contributed by atoms with Crippen LogP contribution in [-0.2, 0) is 4.74 Å². The monoisotopic (exact) mass is 304 g/mol. The van der Waals surface area contributed by atoms with Crippen LogP contribution in [0.5, 0.6) is 5.75 Å².